The van der Waals surface area contributed by atoms with Crippen LogP contribution in [-0.4, -0.2) is 37.2 Å². The highest BCUT2D eigenvalue weighted by Crippen LogP contribution is 2.13. The van der Waals surface area contributed by atoms with Gasteiger partial charge in [-0.15, -0.1) is 0 Å². The molecule has 65 heavy (non-hydrogen) atoms. The molecule has 1 unspecified atom stereocenters. The molecule has 370 valence electrons. The van der Waals surface area contributed by atoms with Crippen molar-refractivity contribution in [2.45, 2.75) is 245 Å². The standard InChI is InChI=1S/C59H98O6/c1-4-7-10-13-15-17-19-21-23-25-27-28-29-30-32-33-35-37-39-41-43-46-49-52-58(61)64-55-56(54-63-57(60)51-48-45-12-9-6-3)65-59(62)53-50-47-44-42-40-38-36-34-31-26-24-22-20-18-16-14-11-8-5-2/h8,11,16,18-19,21-22,24-25,27,29-31,34,38,40,56H,4-7,9-10,12-15,17,20,23,26,28,32-33,35-37,39,41-55H2,1-3H3/b11-8-,18-16-,21-19-,24-22-,27-25-,30-29-,34-31-,40-38-. The van der Waals surface area contributed by atoms with Crippen LogP contribution in [0, 0.1) is 0 Å². The summed E-state index contributed by atoms with van der Waals surface area (Å²) in [4.78, 5) is 37.7. The number of esters is 3. The van der Waals surface area contributed by atoms with Crippen molar-refractivity contribution in [3.05, 3.63) is 97.2 Å². The molecule has 0 amide bonds. The van der Waals surface area contributed by atoms with Gasteiger partial charge in [-0.3, -0.25) is 14.4 Å². The first-order valence-corrected chi connectivity index (χ1v) is 26.7. The largest absolute Gasteiger partial charge is 0.462 e. The van der Waals surface area contributed by atoms with E-state index in [0.29, 0.717) is 12.8 Å². The molecule has 1 atom stereocenters. The molecule has 0 spiro atoms. The van der Waals surface area contributed by atoms with Crippen molar-refractivity contribution in [2.75, 3.05) is 13.2 Å². The Morgan fingerprint density at radius 2 is 0.600 bits per heavy atom. The van der Waals surface area contributed by atoms with Gasteiger partial charge in [0.1, 0.15) is 13.2 Å². The summed E-state index contributed by atoms with van der Waals surface area (Å²) in [6.07, 6.45) is 70.0. The maximum Gasteiger partial charge on any atom is 0.306 e. The number of hydrogen-bond donors (Lipinski definition) is 0. The third kappa shape index (κ3) is 51.2. The van der Waals surface area contributed by atoms with Gasteiger partial charge in [-0.25, -0.2) is 0 Å². The zero-order valence-electron chi connectivity index (χ0n) is 42.2. The third-order valence-electron chi connectivity index (χ3n) is 11.1. The predicted molar refractivity (Wildman–Crippen MR) is 279 cm³/mol. The van der Waals surface area contributed by atoms with Crippen LogP contribution in [0.1, 0.15) is 239 Å². The Morgan fingerprint density at radius 1 is 0.323 bits per heavy atom. The number of carbonyl (C=O) groups is 3. The highest BCUT2D eigenvalue weighted by molar-refractivity contribution is 5.71. The first-order chi connectivity index (χ1) is 32.0. The van der Waals surface area contributed by atoms with E-state index in [2.05, 4.69) is 118 Å². The summed E-state index contributed by atoms with van der Waals surface area (Å²) in [5.41, 5.74) is 0. The number of hydrogen-bond acceptors (Lipinski definition) is 6. The first-order valence-electron chi connectivity index (χ1n) is 26.7. The Bertz CT molecular complexity index is 1310. The van der Waals surface area contributed by atoms with Gasteiger partial charge in [-0.05, 0) is 103 Å². The van der Waals surface area contributed by atoms with Crippen LogP contribution in [0.4, 0.5) is 0 Å². The van der Waals surface area contributed by atoms with Crippen molar-refractivity contribution in [3.8, 4) is 0 Å². The molecule has 0 rings (SSSR count). The van der Waals surface area contributed by atoms with Gasteiger partial charge in [0.05, 0.1) is 0 Å². The summed E-state index contributed by atoms with van der Waals surface area (Å²) in [5.74, 6) is -0.952. The van der Waals surface area contributed by atoms with Crippen molar-refractivity contribution in [1.82, 2.24) is 0 Å². The molecular weight excluding hydrogens is 805 g/mol. The van der Waals surface area contributed by atoms with Crippen LogP contribution < -0.4 is 0 Å². The van der Waals surface area contributed by atoms with Crippen molar-refractivity contribution >= 4 is 17.9 Å². The molecule has 0 aliphatic rings. The molecular formula is C59H98O6. The van der Waals surface area contributed by atoms with Crippen LogP contribution in [0.5, 0.6) is 0 Å². The van der Waals surface area contributed by atoms with Crippen LogP contribution in [0.2, 0.25) is 0 Å². The monoisotopic (exact) mass is 903 g/mol. The summed E-state index contributed by atoms with van der Waals surface area (Å²) in [7, 11) is 0. The van der Waals surface area contributed by atoms with E-state index < -0.39 is 6.10 Å². The molecule has 0 aliphatic carbocycles. The number of unbranched alkanes of at least 4 members (excludes halogenated alkanes) is 20. The number of carbonyl (C=O) groups excluding carboxylic acids is 3. The minimum absolute atomic E-state index is 0.0953. The summed E-state index contributed by atoms with van der Waals surface area (Å²) in [6, 6.07) is 0. The smallest absolute Gasteiger partial charge is 0.306 e. The Kier molecular flexibility index (Phi) is 50.0. The summed E-state index contributed by atoms with van der Waals surface area (Å²) in [6.45, 7) is 6.39. The normalized spacial score (nSPS) is 12.8. The van der Waals surface area contributed by atoms with E-state index in [1.54, 1.807) is 0 Å². The van der Waals surface area contributed by atoms with Crippen LogP contribution in [-0.2, 0) is 28.6 Å². The second-order valence-electron chi connectivity index (χ2n) is 17.4. The molecule has 0 aromatic rings. The van der Waals surface area contributed by atoms with Gasteiger partial charge >= 0.3 is 17.9 Å². The summed E-state index contributed by atoms with van der Waals surface area (Å²) < 4.78 is 16.7. The van der Waals surface area contributed by atoms with Gasteiger partial charge in [0.25, 0.3) is 0 Å². The van der Waals surface area contributed by atoms with E-state index in [-0.39, 0.29) is 37.5 Å². The van der Waals surface area contributed by atoms with Gasteiger partial charge in [-0.2, -0.15) is 0 Å². The second-order valence-corrected chi connectivity index (χ2v) is 17.4. The fraction of sp³-hybridized carbons (Fsp3) is 0.678. The average molecular weight is 903 g/mol. The minimum atomic E-state index is -0.795. The van der Waals surface area contributed by atoms with E-state index in [1.165, 1.54) is 70.6 Å². The lowest BCUT2D eigenvalue weighted by Crippen LogP contribution is -2.30. The average Bonchev–Trinajstić information content (AvgIpc) is 3.30. The van der Waals surface area contributed by atoms with E-state index in [0.717, 1.165) is 128 Å². The highest BCUT2D eigenvalue weighted by Gasteiger charge is 2.19. The molecule has 0 aromatic carbocycles. The molecule has 0 saturated carbocycles. The molecule has 0 saturated heterocycles. The molecule has 0 bridgehead atoms. The highest BCUT2D eigenvalue weighted by atomic mass is 16.6. The van der Waals surface area contributed by atoms with Crippen LogP contribution in [0.25, 0.3) is 0 Å². The fourth-order valence-corrected chi connectivity index (χ4v) is 7.06. The van der Waals surface area contributed by atoms with Gasteiger partial charge < -0.3 is 14.2 Å². The van der Waals surface area contributed by atoms with Crippen molar-refractivity contribution < 1.29 is 28.6 Å². The molecule has 0 N–H and O–H groups in total. The second kappa shape index (κ2) is 52.9. The topological polar surface area (TPSA) is 78.9 Å². The van der Waals surface area contributed by atoms with E-state index in [1.807, 2.05) is 0 Å². The Hall–Kier alpha value is -3.67. The zero-order valence-corrected chi connectivity index (χ0v) is 42.2. The van der Waals surface area contributed by atoms with E-state index in [4.69, 9.17) is 14.2 Å². The van der Waals surface area contributed by atoms with E-state index >= 15 is 0 Å². The first kappa shape index (κ1) is 61.3. The lowest BCUT2D eigenvalue weighted by atomic mass is 10.1. The van der Waals surface area contributed by atoms with Crippen molar-refractivity contribution in [3.63, 3.8) is 0 Å². The molecule has 0 heterocycles. The lowest BCUT2D eigenvalue weighted by Gasteiger charge is -2.18. The van der Waals surface area contributed by atoms with Crippen LogP contribution >= 0.6 is 0 Å². The molecule has 6 heteroatoms. The SMILES string of the molecule is CC/C=C\C/C=C\C/C=C\C/C=C\C/C=C\CCCCCC(=O)OC(COC(=O)CCCCCCC)COC(=O)CCCCCCCCCC/C=C\C/C=C\C/C=C\CCCCCCC. The van der Waals surface area contributed by atoms with Crippen LogP contribution in [0.15, 0.2) is 97.2 Å². The van der Waals surface area contributed by atoms with Crippen LogP contribution in [0.3, 0.4) is 0 Å². The quantitative estimate of drug-likeness (QED) is 0.0262. The van der Waals surface area contributed by atoms with Crippen molar-refractivity contribution in [2.24, 2.45) is 0 Å². The molecule has 6 nitrogen and oxygen atoms in total. The van der Waals surface area contributed by atoms with Gasteiger partial charge in [0.15, 0.2) is 6.10 Å². The van der Waals surface area contributed by atoms with Gasteiger partial charge in [0, 0.05) is 19.3 Å². The van der Waals surface area contributed by atoms with Gasteiger partial charge in [-0.1, -0.05) is 214 Å². The predicted octanol–water partition coefficient (Wildman–Crippen LogP) is 17.8. The molecule has 0 aromatic heterocycles. The fourth-order valence-electron chi connectivity index (χ4n) is 7.06. The molecule has 0 aliphatic heterocycles. The lowest BCUT2D eigenvalue weighted by molar-refractivity contribution is -0.167. The zero-order chi connectivity index (χ0) is 47.2. The maximum absolute atomic E-state index is 12.7. The summed E-state index contributed by atoms with van der Waals surface area (Å²) >= 11 is 0. The van der Waals surface area contributed by atoms with E-state index in [9.17, 15) is 14.4 Å². The van der Waals surface area contributed by atoms with Crippen molar-refractivity contribution in [1.29, 1.82) is 0 Å². The number of ether oxygens (including phenoxy) is 3. The number of allylic oxidation sites excluding steroid dienone is 16. The Labute approximate surface area is 400 Å². The Morgan fingerprint density at radius 3 is 0.954 bits per heavy atom. The number of rotatable bonds is 47. The molecule has 0 fully saturated rings. The Balaban J connectivity index is 4.22. The van der Waals surface area contributed by atoms with Gasteiger partial charge in [0.2, 0.25) is 0 Å². The molecule has 0 radical (unpaired) electrons. The summed E-state index contributed by atoms with van der Waals surface area (Å²) in [5, 5.41) is 0. The third-order valence-corrected chi connectivity index (χ3v) is 11.1. The maximum atomic E-state index is 12.7. The minimum Gasteiger partial charge on any atom is -0.462 e.